The molecule has 0 saturated heterocycles. The number of aryl methyl sites for hydroxylation is 1. The predicted molar refractivity (Wildman–Crippen MR) is 124 cm³/mol. The summed E-state index contributed by atoms with van der Waals surface area (Å²) >= 11 is 1.57. The summed E-state index contributed by atoms with van der Waals surface area (Å²) < 4.78 is 5.21. The minimum absolute atomic E-state index is 0.0392. The SMILES string of the molecule is CCCNC(=O)[C@H](C)N(Cc1ccc(OC)cc1)C(=O)CSCc1cccc(C)c1. The van der Waals surface area contributed by atoms with Crippen LogP contribution in [-0.4, -0.2) is 42.2 Å². The third kappa shape index (κ3) is 7.41. The van der Waals surface area contributed by atoms with Crippen LogP contribution in [0.1, 0.15) is 37.0 Å². The van der Waals surface area contributed by atoms with Gasteiger partial charge in [-0.15, -0.1) is 11.8 Å². The first kappa shape index (κ1) is 23.8. The molecule has 30 heavy (non-hydrogen) atoms. The van der Waals surface area contributed by atoms with E-state index in [2.05, 4.69) is 30.4 Å². The number of benzene rings is 2. The molecule has 0 fully saturated rings. The summed E-state index contributed by atoms with van der Waals surface area (Å²) in [5.74, 6) is 1.69. The molecule has 0 heterocycles. The van der Waals surface area contributed by atoms with Crippen molar-refractivity contribution in [2.24, 2.45) is 0 Å². The van der Waals surface area contributed by atoms with Gasteiger partial charge in [0.25, 0.3) is 0 Å². The number of hydrogen-bond donors (Lipinski definition) is 1. The van der Waals surface area contributed by atoms with E-state index < -0.39 is 6.04 Å². The number of nitrogens with zero attached hydrogens (tertiary/aromatic N) is 1. The maximum atomic E-state index is 13.0. The fourth-order valence-corrected chi connectivity index (χ4v) is 3.90. The number of rotatable bonds is 11. The molecular formula is C24H32N2O3S. The van der Waals surface area contributed by atoms with Crippen molar-refractivity contribution < 1.29 is 14.3 Å². The Morgan fingerprint density at radius 3 is 2.50 bits per heavy atom. The highest BCUT2D eigenvalue weighted by molar-refractivity contribution is 7.99. The van der Waals surface area contributed by atoms with Gasteiger partial charge in [0.1, 0.15) is 11.8 Å². The van der Waals surface area contributed by atoms with Crippen LogP contribution in [0.3, 0.4) is 0 Å². The number of carbonyl (C=O) groups excluding carboxylic acids is 2. The van der Waals surface area contributed by atoms with Gasteiger partial charge in [-0.3, -0.25) is 9.59 Å². The van der Waals surface area contributed by atoms with E-state index in [4.69, 9.17) is 4.74 Å². The van der Waals surface area contributed by atoms with Crippen molar-refractivity contribution in [2.45, 2.75) is 45.5 Å². The van der Waals surface area contributed by atoms with Gasteiger partial charge in [-0.05, 0) is 43.5 Å². The molecule has 162 valence electrons. The van der Waals surface area contributed by atoms with Crippen LogP contribution in [0.15, 0.2) is 48.5 Å². The van der Waals surface area contributed by atoms with Gasteiger partial charge in [-0.2, -0.15) is 0 Å². The molecule has 0 aromatic heterocycles. The number of ether oxygens (including phenoxy) is 1. The second-order valence-electron chi connectivity index (χ2n) is 7.32. The quantitative estimate of drug-likeness (QED) is 0.583. The van der Waals surface area contributed by atoms with Crippen molar-refractivity contribution >= 4 is 23.6 Å². The van der Waals surface area contributed by atoms with Crippen LogP contribution < -0.4 is 10.1 Å². The van der Waals surface area contributed by atoms with Crippen LogP contribution in [0, 0.1) is 6.92 Å². The lowest BCUT2D eigenvalue weighted by atomic mass is 10.1. The van der Waals surface area contributed by atoms with Gasteiger partial charge in [0, 0.05) is 18.8 Å². The maximum absolute atomic E-state index is 13.0. The largest absolute Gasteiger partial charge is 0.497 e. The predicted octanol–water partition coefficient (Wildman–Crippen LogP) is 4.18. The van der Waals surface area contributed by atoms with E-state index in [-0.39, 0.29) is 11.8 Å². The molecular weight excluding hydrogens is 396 g/mol. The summed E-state index contributed by atoms with van der Waals surface area (Å²) in [6.07, 6.45) is 0.858. The molecule has 0 aliphatic rings. The number of carbonyl (C=O) groups is 2. The van der Waals surface area contributed by atoms with Crippen molar-refractivity contribution in [3.05, 3.63) is 65.2 Å². The summed E-state index contributed by atoms with van der Waals surface area (Å²) in [6, 6.07) is 15.3. The molecule has 5 nitrogen and oxygen atoms in total. The van der Waals surface area contributed by atoms with E-state index in [0.717, 1.165) is 23.5 Å². The first-order valence-electron chi connectivity index (χ1n) is 10.3. The highest BCUT2D eigenvalue weighted by atomic mass is 32.2. The molecule has 2 rings (SSSR count). The van der Waals surface area contributed by atoms with E-state index in [1.807, 2.05) is 37.3 Å². The summed E-state index contributed by atoms with van der Waals surface area (Å²) in [6.45, 7) is 6.85. The van der Waals surface area contributed by atoms with E-state index in [1.54, 1.807) is 30.7 Å². The van der Waals surface area contributed by atoms with Gasteiger partial charge in [0.15, 0.2) is 0 Å². The fourth-order valence-electron chi connectivity index (χ4n) is 3.05. The minimum atomic E-state index is -0.536. The third-order valence-corrected chi connectivity index (χ3v) is 5.79. The summed E-state index contributed by atoms with van der Waals surface area (Å²) in [5.41, 5.74) is 3.37. The van der Waals surface area contributed by atoms with E-state index in [9.17, 15) is 9.59 Å². The van der Waals surface area contributed by atoms with Crippen LogP contribution >= 0.6 is 11.8 Å². The number of hydrogen-bond acceptors (Lipinski definition) is 4. The molecule has 2 aromatic carbocycles. The van der Waals surface area contributed by atoms with Gasteiger partial charge in [-0.1, -0.05) is 48.9 Å². The summed E-state index contributed by atoms with van der Waals surface area (Å²) in [7, 11) is 1.62. The maximum Gasteiger partial charge on any atom is 0.242 e. The summed E-state index contributed by atoms with van der Waals surface area (Å²) in [4.78, 5) is 27.3. The van der Waals surface area contributed by atoms with Gasteiger partial charge >= 0.3 is 0 Å². The van der Waals surface area contributed by atoms with E-state index >= 15 is 0 Å². The number of methoxy groups -OCH3 is 1. The molecule has 0 aliphatic carbocycles. The van der Waals surface area contributed by atoms with Crippen molar-refractivity contribution in [3.8, 4) is 5.75 Å². The van der Waals surface area contributed by atoms with Gasteiger partial charge in [-0.25, -0.2) is 0 Å². The average Bonchev–Trinajstić information content (AvgIpc) is 2.75. The highest BCUT2D eigenvalue weighted by Crippen LogP contribution is 2.18. The Balaban J connectivity index is 2.05. The Labute approximate surface area is 184 Å². The average molecular weight is 429 g/mol. The topological polar surface area (TPSA) is 58.6 Å². The normalized spacial score (nSPS) is 11.6. The Bertz CT molecular complexity index is 823. The number of thioether (sulfide) groups is 1. The van der Waals surface area contributed by atoms with Crippen LogP contribution in [0.2, 0.25) is 0 Å². The molecule has 0 aliphatic heterocycles. The monoisotopic (exact) mass is 428 g/mol. The van der Waals surface area contributed by atoms with Crippen LogP contribution in [0.5, 0.6) is 5.75 Å². The second-order valence-corrected chi connectivity index (χ2v) is 8.30. The van der Waals surface area contributed by atoms with Gasteiger partial charge < -0.3 is 15.0 Å². The molecule has 0 spiro atoms. The highest BCUT2D eigenvalue weighted by Gasteiger charge is 2.25. The Morgan fingerprint density at radius 2 is 1.87 bits per heavy atom. The molecule has 6 heteroatoms. The Kier molecular flexibility index (Phi) is 9.74. The Morgan fingerprint density at radius 1 is 1.13 bits per heavy atom. The number of nitrogens with one attached hydrogen (secondary N) is 1. The molecule has 0 radical (unpaired) electrons. The molecule has 0 unspecified atom stereocenters. The zero-order valence-corrected chi connectivity index (χ0v) is 19.1. The zero-order valence-electron chi connectivity index (χ0n) is 18.3. The second kappa shape index (κ2) is 12.3. The molecule has 2 aromatic rings. The van der Waals surface area contributed by atoms with E-state index in [0.29, 0.717) is 18.8 Å². The van der Waals surface area contributed by atoms with Gasteiger partial charge in [0.05, 0.1) is 12.9 Å². The Hall–Kier alpha value is -2.47. The summed E-state index contributed by atoms with van der Waals surface area (Å²) in [5, 5.41) is 2.90. The number of amides is 2. The van der Waals surface area contributed by atoms with Crippen molar-refractivity contribution in [1.29, 1.82) is 0 Å². The lowest BCUT2D eigenvalue weighted by Crippen LogP contribution is -2.48. The van der Waals surface area contributed by atoms with Crippen LogP contribution in [-0.2, 0) is 21.9 Å². The molecule has 2 amide bonds. The minimum Gasteiger partial charge on any atom is -0.497 e. The lowest BCUT2D eigenvalue weighted by molar-refractivity contribution is -0.138. The van der Waals surface area contributed by atoms with Crippen LogP contribution in [0.25, 0.3) is 0 Å². The molecule has 0 saturated carbocycles. The zero-order chi connectivity index (χ0) is 21.9. The lowest BCUT2D eigenvalue weighted by Gasteiger charge is -2.28. The molecule has 1 N–H and O–H groups in total. The van der Waals surface area contributed by atoms with Crippen molar-refractivity contribution in [3.63, 3.8) is 0 Å². The first-order chi connectivity index (χ1) is 14.4. The standard InChI is InChI=1S/C24H32N2O3S/c1-5-13-25-24(28)19(3)26(15-20-9-11-22(29-4)12-10-20)23(27)17-30-16-21-8-6-7-18(2)14-21/h6-12,14,19H,5,13,15-17H2,1-4H3,(H,25,28)/t19-/m0/s1. The third-order valence-electron chi connectivity index (χ3n) is 4.81. The molecule has 0 bridgehead atoms. The fraction of sp³-hybridized carbons (Fsp3) is 0.417. The van der Waals surface area contributed by atoms with Crippen LogP contribution in [0.4, 0.5) is 0 Å². The first-order valence-corrected chi connectivity index (χ1v) is 11.4. The molecule has 1 atom stereocenters. The smallest absolute Gasteiger partial charge is 0.242 e. The van der Waals surface area contributed by atoms with E-state index in [1.165, 1.54) is 11.1 Å². The van der Waals surface area contributed by atoms with Gasteiger partial charge in [0.2, 0.25) is 11.8 Å². The van der Waals surface area contributed by atoms with Crippen molar-refractivity contribution in [2.75, 3.05) is 19.4 Å². The van der Waals surface area contributed by atoms with Crippen molar-refractivity contribution in [1.82, 2.24) is 10.2 Å².